The quantitative estimate of drug-likeness (QED) is 0.681. The first-order valence-corrected chi connectivity index (χ1v) is 9.72. The number of nitrogens with one attached hydrogen (secondary N) is 2. The molecule has 0 unspecified atom stereocenters. The minimum absolute atomic E-state index is 0.101. The zero-order valence-electron chi connectivity index (χ0n) is 14.1. The summed E-state index contributed by atoms with van der Waals surface area (Å²) in [6.07, 6.45) is 1.43. The van der Waals surface area contributed by atoms with Gasteiger partial charge in [0, 0.05) is 41.2 Å². The third kappa shape index (κ3) is 4.31. The van der Waals surface area contributed by atoms with Gasteiger partial charge in [0.25, 0.3) is 0 Å². The Kier molecular flexibility index (Phi) is 6.40. The molecule has 0 radical (unpaired) electrons. The maximum absolute atomic E-state index is 11.3. The fourth-order valence-corrected chi connectivity index (χ4v) is 3.73. The van der Waals surface area contributed by atoms with Crippen molar-refractivity contribution in [1.29, 1.82) is 0 Å². The van der Waals surface area contributed by atoms with Crippen LogP contribution in [0.15, 0.2) is 28.7 Å². The SMILES string of the molecule is COc1nc(-c2cccc(Br)c2Cl)cc(Cl)c1CNC[C@@H]1CCC(=O)N1. The summed E-state index contributed by atoms with van der Waals surface area (Å²) in [6.45, 7) is 1.16. The summed E-state index contributed by atoms with van der Waals surface area (Å²) in [5, 5.41) is 7.35. The number of benzene rings is 1. The molecule has 1 amide bonds. The molecule has 2 heterocycles. The zero-order valence-corrected chi connectivity index (χ0v) is 17.2. The maximum Gasteiger partial charge on any atom is 0.220 e. The molecule has 1 atom stereocenters. The number of hydrogen-bond donors (Lipinski definition) is 2. The lowest BCUT2D eigenvalue weighted by Gasteiger charge is -2.15. The molecule has 0 saturated carbocycles. The number of pyridine rings is 1. The topological polar surface area (TPSA) is 63.2 Å². The minimum Gasteiger partial charge on any atom is -0.481 e. The van der Waals surface area contributed by atoms with E-state index in [1.54, 1.807) is 13.2 Å². The highest BCUT2D eigenvalue weighted by atomic mass is 79.9. The number of hydrogen-bond acceptors (Lipinski definition) is 4. The van der Waals surface area contributed by atoms with Crippen molar-refractivity contribution in [3.8, 4) is 17.1 Å². The predicted octanol–water partition coefficient (Wildman–Crippen LogP) is 4.19. The summed E-state index contributed by atoms with van der Waals surface area (Å²) < 4.78 is 6.23. The highest BCUT2D eigenvalue weighted by Crippen LogP contribution is 2.36. The van der Waals surface area contributed by atoms with Gasteiger partial charge < -0.3 is 15.4 Å². The molecule has 2 N–H and O–H groups in total. The lowest BCUT2D eigenvalue weighted by Crippen LogP contribution is -2.35. The van der Waals surface area contributed by atoms with Crippen LogP contribution in [0.4, 0.5) is 0 Å². The van der Waals surface area contributed by atoms with Crippen molar-refractivity contribution < 1.29 is 9.53 Å². The first-order valence-electron chi connectivity index (χ1n) is 8.17. The van der Waals surface area contributed by atoms with Crippen molar-refractivity contribution in [3.63, 3.8) is 0 Å². The van der Waals surface area contributed by atoms with Crippen molar-refractivity contribution in [1.82, 2.24) is 15.6 Å². The molecule has 2 aromatic rings. The minimum atomic E-state index is 0.101. The van der Waals surface area contributed by atoms with E-state index >= 15 is 0 Å². The van der Waals surface area contributed by atoms with Crippen LogP contribution < -0.4 is 15.4 Å². The van der Waals surface area contributed by atoms with Gasteiger partial charge in [-0.1, -0.05) is 35.3 Å². The molecule has 1 aromatic carbocycles. The van der Waals surface area contributed by atoms with E-state index < -0.39 is 0 Å². The van der Waals surface area contributed by atoms with Gasteiger partial charge in [0.15, 0.2) is 0 Å². The largest absolute Gasteiger partial charge is 0.481 e. The molecule has 138 valence electrons. The van der Waals surface area contributed by atoms with Crippen molar-refractivity contribution in [3.05, 3.63) is 44.3 Å². The Morgan fingerprint density at radius 1 is 1.42 bits per heavy atom. The van der Waals surface area contributed by atoms with E-state index in [4.69, 9.17) is 27.9 Å². The van der Waals surface area contributed by atoms with Crippen LogP contribution >= 0.6 is 39.1 Å². The third-order valence-corrected chi connectivity index (χ3v) is 5.86. The number of carbonyl (C=O) groups is 1. The number of aromatic nitrogens is 1. The second-order valence-electron chi connectivity index (χ2n) is 6.01. The summed E-state index contributed by atoms with van der Waals surface area (Å²) >= 11 is 16.3. The van der Waals surface area contributed by atoms with Crippen molar-refractivity contribution >= 4 is 45.0 Å². The Morgan fingerprint density at radius 2 is 2.23 bits per heavy atom. The van der Waals surface area contributed by atoms with Crippen LogP contribution in [-0.2, 0) is 11.3 Å². The molecule has 1 aliphatic heterocycles. The Morgan fingerprint density at radius 3 is 2.92 bits per heavy atom. The second-order valence-corrected chi connectivity index (χ2v) is 7.65. The van der Waals surface area contributed by atoms with Crippen LogP contribution in [0.3, 0.4) is 0 Å². The van der Waals surface area contributed by atoms with Gasteiger partial charge in [0.05, 0.1) is 22.8 Å². The average Bonchev–Trinajstić information content (AvgIpc) is 3.03. The molecular formula is C18H18BrCl2N3O2. The maximum atomic E-state index is 11.3. The van der Waals surface area contributed by atoms with Gasteiger partial charge >= 0.3 is 0 Å². The molecular weight excluding hydrogens is 441 g/mol. The standard InChI is InChI=1S/C18H18BrCl2N3O2/c1-26-18-12(9-22-8-10-5-6-16(25)23-10)14(20)7-15(24-18)11-3-2-4-13(19)17(11)21/h2-4,7,10,22H,5-6,8-9H2,1H3,(H,23,25)/t10-/m0/s1. The Bertz CT molecular complexity index is 832. The van der Waals surface area contributed by atoms with E-state index in [9.17, 15) is 4.79 Å². The number of ether oxygens (including phenoxy) is 1. The highest BCUT2D eigenvalue weighted by Gasteiger charge is 2.21. The number of methoxy groups -OCH3 is 1. The molecule has 0 bridgehead atoms. The fourth-order valence-electron chi connectivity index (χ4n) is 2.89. The average molecular weight is 459 g/mol. The molecule has 0 spiro atoms. The Labute approximate surface area is 170 Å². The number of carbonyl (C=O) groups excluding carboxylic acids is 1. The number of rotatable bonds is 6. The smallest absolute Gasteiger partial charge is 0.220 e. The lowest BCUT2D eigenvalue weighted by atomic mass is 10.1. The summed E-state index contributed by atoms with van der Waals surface area (Å²) in [5.41, 5.74) is 2.19. The number of nitrogens with zero attached hydrogens (tertiary/aromatic N) is 1. The third-order valence-electron chi connectivity index (χ3n) is 4.23. The van der Waals surface area contributed by atoms with Crippen LogP contribution in [-0.4, -0.2) is 30.6 Å². The molecule has 8 heteroatoms. The van der Waals surface area contributed by atoms with Crippen molar-refractivity contribution in [2.75, 3.05) is 13.7 Å². The van der Waals surface area contributed by atoms with Crippen LogP contribution in [0.25, 0.3) is 11.3 Å². The van der Waals surface area contributed by atoms with Gasteiger partial charge in [0.2, 0.25) is 11.8 Å². The first-order chi connectivity index (χ1) is 12.5. The zero-order chi connectivity index (χ0) is 18.7. The van der Waals surface area contributed by atoms with Gasteiger partial charge in [-0.3, -0.25) is 4.79 Å². The number of amides is 1. The van der Waals surface area contributed by atoms with E-state index in [0.717, 1.165) is 22.0 Å². The lowest BCUT2D eigenvalue weighted by molar-refractivity contribution is -0.119. The Hall–Kier alpha value is -1.34. The van der Waals surface area contributed by atoms with E-state index in [0.29, 0.717) is 41.1 Å². The molecule has 3 rings (SSSR count). The summed E-state index contributed by atoms with van der Waals surface area (Å²) in [4.78, 5) is 15.8. The fraction of sp³-hybridized carbons (Fsp3) is 0.333. The normalized spacial score (nSPS) is 16.6. The second kappa shape index (κ2) is 8.57. The van der Waals surface area contributed by atoms with Crippen LogP contribution in [0.2, 0.25) is 10.0 Å². The van der Waals surface area contributed by atoms with E-state index in [1.807, 2.05) is 18.2 Å². The predicted molar refractivity (Wildman–Crippen MR) is 107 cm³/mol. The van der Waals surface area contributed by atoms with Crippen molar-refractivity contribution in [2.45, 2.75) is 25.4 Å². The molecule has 0 aliphatic carbocycles. The molecule has 1 aromatic heterocycles. The summed E-state index contributed by atoms with van der Waals surface area (Å²) in [5.74, 6) is 0.552. The van der Waals surface area contributed by atoms with E-state index in [2.05, 4.69) is 31.5 Å². The molecule has 26 heavy (non-hydrogen) atoms. The highest BCUT2D eigenvalue weighted by molar-refractivity contribution is 9.10. The molecule has 1 aliphatic rings. The molecule has 1 saturated heterocycles. The Balaban J connectivity index is 1.79. The van der Waals surface area contributed by atoms with E-state index in [-0.39, 0.29) is 11.9 Å². The summed E-state index contributed by atoms with van der Waals surface area (Å²) in [7, 11) is 1.56. The van der Waals surface area contributed by atoms with E-state index in [1.165, 1.54) is 0 Å². The summed E-state index contributed by atoms with van der Waals surface area (Å²) in [6, 6.07) is 7.57. The monoisotopic (exact) mass is 457 g/mol. The molecule has 5 nitrogen and oxygen atoms in total. The van der Waals surface area contributed by atoms with Crippen LogP contribution in [0.1, 0.15) is 18.4 Å². The van der Waals surface area contributed by atoms with Crippen LogP contribution in [0, 0.1) is 0 Å². The van der Waals surface area contributed by atoms with Crippen molar-refractivity contribution in [2.24, 2.45) is 0 Å². The van der Waals surface area contributed by atoms with Gasteiger partial charge in [0.1, 0.15) is 0 Å². The van der Waals surface area contributed by atoms with Crippen LogP contribution in [0.5, 0.6) is 5.88 Å². The van der Waals surface area contributed by atoms with Gasteiger partial charge in [-0.2, -0.15) is 0 Å². The van der Waals surface area contributed by atoms with Gasteiger partial charge in [-0.05, 0) is 34.5 Å². The number of halogens is 3. The van der Waals surface area contributed by atoms with Gasteiger partial charge in [-0.25, -0.2) is 4.98 Å². The molecule has 1 fully saturated rings. The first kappa shape index (κ1) is 19.4. The van der Waals surface area contributed by atoms with Gasteiger partial charge in [-0.15, -0.1) is 0 Å².